The first-order chi connectivity index (χ1) is 4.33. The van der Waals surface area contributed by atoms with Crippen LogP contribution in [0.15, 0.2) is 24.3 Å². The molecule has 0 radical (unpaired) electrons. The van der Waals surface area contributed by atoms with Gasteiger partial charge in [-0.05, 0) is 46.9 Å². The van der Waals surface area contributed by atoms with Crippen LogP contribution in [0.2, 0.25) is 0 Å². The summed E-state index contributed by atoms with van der Waals surface area (Å²) in [4.78, 5) is 0. The van der Waals surface area contributed by atoms with Crippen molar-refractivity contribution in [3.05, 3.63) is 27.8 Å². The van der Waals surface area contributed by atoms with Crippen LogP contribution in [0.5, 0.6) is 5.75 Å². The lowest BCUT2D eigenvalue weighted by atomic mass is 10.3. The molecule has 0 heterocycles. The molecule has 0 saturated carbocycles. The maximum Gasteiger partial charge on any atom is 0.118 e. The number of rotatable bonds is 1. The molecule has 0 aliphatic carbocycles. The first-order valence-electron chi connectivity index (χ1n) is 2.62. The van der Waals surface area contributed by atoms with Crippen molar-refractivity contribution in [1.82, 2.24) is 0 Å². The lowest BCUT2D eigenvalue weighted by molar-refractivity contribution is 0.414. The van der Waals surface area contributed by atoms with E-state index in [9.17, 15) is 0 Å². The standard InChI is InChI=1S/C7H7IO.6FH.H3P/c1-9-7-4-2-6(8)3-5-7;;;;;;;/h2-5H,1H3;6*1H;1H3. The quantitative estimate of drug-likeness (QED) is 0.408. The van der Waals surface area contributed by atoms with E-state index in [1.54, 1.807) is 7.11 Å². The summed E-state index contributed by atoms with van der Waals surface area (Å²) in [6, 6.07) is 7.92. The Kier molecular flexibility index (Phi) is 67.5. The highest BCUT2D eigenvalue weighted by atomic mass is 127. The van der Waals surface area contributed by atoms with Crippen molar-refractivity contribution < 1.29 is 33.0 Å². The molecule has 1 aromatic carbocycles. The number of benzene rings is 1. The fraction of sp³-hybridized carbons (Fsp3) is 0.143. The lowest BCUT2D eigenvalue weighted by Gasteiger charge is -1.96. The van der Waals surface area contributed by atoms with Crippen molar-refractivity contribution in [3.63, 3.8) is 0 Å². The second-order valence-corrected chi connectivity index (χ2v) is 2.90. The van der Waals surface area contributed by atoms with Gasteiger partial charge in [0.25, 0.3) is 0 Å². The smallest absolute Gasteiger partial charge is 0.118 e. The van der Waals surface area contributed by atoms with Crippen molar-refractivity contribution >= 4 is 32.5 Å². The summed E-state index contributed by atoms with van der Waals surface area (Å²) in [5, 5.41) is 0. The molecule has 104 valence electrons. The van der Waals surface area contributed by atoms with E-state index < -0.39 is 0 Å². The second kappa shape index (κ2) is 24.1. The summed E-state index contributed by atoms with van der Waals surface area (Å²) in [7, 11) is 1.67. The normalized spacial score (nSPS) is 5.12. The average molecular weight is 388 g/mol. The van der Waals surface area contributed by atoms with Crippen LogP contribution in [0.1, 0.15) is 0 Å². The molecule has 0 aliphatic heterocycles. The van der Waals surface area contributed by atoms with Gasteiger partial charge in [0.05, 0.1) is 7.11 Å². The van der Waals surface area contributed by atoms with Gasteiger partial charge >= 0.3 is 0 Å². The lowest BCUT2D eigenvalue weighted by Crippen LogP contribution is -1.80. The molecule has 16 heavy (non-hydrogen) atoms. The van der Waals surface area contributed by atoms with Crippen LogP contribution in [-0.2, 0) is 0 Å². The van der Waals surface area contributed by atoms with Gasteiger partial charge in [0.1, 0.15) is 5.75 Å². The molecule has 0 N–H and O–H groups in total. The van der Waals surface area contributed by atoms with Gasteiger partial charge in [-0.25, -0.2) is 0 Å². The number of hydrogen-bond donors (Lipinski definition) is 0. The largest absolute Gasteiger partial charge is 0.497 e. The highest BCUT2D eigenvalue weighted by Gasteiger charge is 1.86. The molecule has 1 rings (SSSR count). The highest BCUT2D eigenvalue weighted by Crippen LogP contribution is 2.11. The molecule has 0 aliphatic rings. The summed E-state index contributed by atoms with van der Waals surface area (Å²) in [6.45, 7) is 0. The molecule has 0 aromatic heterocycles. The van der Waals surface area contributed by atoms with Gasteiger partial charge in [-0.2, -0.15) is 9.90 Å². The molecule has 1 aromatic rings. The van der Waals surface area contributed by atoms with Gasteiger partial charge in [0.15, 0.2) is 0 Å². The van der Waals surface area contributed by atoms with E-state index in [1.165, 1.54) is 3.57 Å². The molecular formula is C7H16F6IOP. The minimum atomic E-state index is 0. The maximum absolute atomic E-state index is 4.97. The molecular weight excluding hydrogens is 372 g/mol. The maximum atomic E-state index is 4.97. The topological polar surface area (TPSA) is 9.23 Å². The fourth-order valence-corrected chi connectivity index (χ4v) is 0.930. The molecule has 0 spiro atoms. The van der Waals surface area contributed by atoms with E-state index in [1.807, 2.05) is 24.3 Å². The summed E-state index contributed by atoms with van der Waals surface area (Å²) in [5.74, 6) is 0.912. The Morgan fingerprint density at radius 3 is 1.38 bits per heavy atom. The van der Waals surface area contributed by atoms with E-state index in [4.69, 9.17) is 4.74 Å². The van der Waals surface area contributed by atoms with Crippen LogP contribution in [-0.4, -0.2) is 7.11 Å². The van der Waals surface area contributed by atoms with E-state index in [-0.39, 0.29) is 38.1 Å². The summed E-state index contributed by atoms with van der Waals surface area (Å²) in [6.07, 6.45) is 0. The highest BCUT2D eigenvalue weighted by molar-refractivity contribution is 14.1. The summed E-state index contributed by atoms with van der Waals surface area (Å²) < 4.78 is 6.20. The minimum Gasteiger partial charge on any atom is -0.497 e. The van der Waals surface area contributed by atoms with Gasteiger partial charge in [-0.15, -0.1) is 0 Å². The van der Waals surface area contributed by atoms with Crippen molar-refractivity contribution in [2.75, 3.05) is 7.11 Å². The average Bonchev–Trinajstić information content (AvgIpc) is 1.90. The van der Waals surface area contributed by atoms with E-state index in [2.05, 4.69) is 22.6 Å². The second-order valence-electron chi connectivity index (χ2n) is 1.66. The zero-order chi connectivity index (χ0) is 6.69. The predicted molar refractivity (Wildman–Crippen MR) is 71.8 cm³/mol. The Bertz CT molecular complexity index is 201. The van der Waals surface area contributed by atoms with E-state index >= 15 is 0 Å². The van der Waals surface area contributed by atoms with Crippen molar-refractivity contribution in [2.24, 2.45) is 0 Å². The number of halogens is 7. The zero-order valence-electron chi connectivity index (χ0n) is 8.25. The summed E-state index contributed by atoms with van der Waals surface area (Å²) >= 11 is 2.26. The Hall–Kier alpha value is -0.240. The third kappa shape index (κ3) is 16.2. The van der Waals surface area contributed by atoms with E-state index in [0.717, 1.165) is 5.75 Å². The molecule has 1 unspecified atom stereocenters. The predicted octanol–water partition coefficient (Wildman–Crippen LogP) is 3.27. The zero-order valence-corrected chi connectivity index (χ0v) is 11.8. The Morgan fingerprint density at radius 2 is 1.12 bits per heavy atom. The van der Waals surface area contributed by atoms with Crippen LogP contribution in [0, 0.1) is 3.57 Å². The molecule has 0 fully saturated rings. The number of methoxy groups -OCH3 is 1. The van der Waals surface area contributed by atoms with Crippen LogP contribution < -0.4 is 4.74 Å². The van der Waals surface area contributed by atoms with Gasteiger partial charge in [-0.1, -0.05) is 0 Å². The molecule has 1 atom stereocenters. The number of hydrogen-bond acceptors (Lipinski definition) is 1. The molecule has 0 saturated heterocycles. The Labute approximate surface area is 106 Å². The molecule has 1 nitrogen and oxygen atoms in total. The van der Waals surface area contributed by atoms with Gasteiger partial charge < -0.3 is 4.74 Å². The first kappa shape index (κ1) is 44.7. The van der Waals surface area contributed by atoms with Crippen LogP contribution in [0.25, 0.3) is 0 Å². The van der Waals surface area contributed by atoms with Gasteiger partial charge in [0, 0.05) is 3.57 Å². The molecule has 0 bridgehead atoms. The molecule has 9 heteroatoms. The molecule has 0 amide bonds. The van der Waals surface area contributed by atoms with Crippen LogP contribution in [0.4, 0.5) is 28.2 Å². The van der Waals surface area contributed by atoms with Crippen molar-refractivity contribution in [1.29, 1.82) is 0 Å². The minimum absolute atomic E-state index is 0. The van der Waals surface area contributed by atoms with E-state index in [0.29, 0.717) is 0 Å². The van der Waals surface area contributed by atoms with Crippen molar-refractivity contribution in [2.45, 2.75) is 0 Å². The van der Waals surface area contributed by atoms with Gasteiger partial charge in [-0.3, -0.25) is 28.2 Å². The first-order valence-corrected chi connectivity index (χ1v) is 3.70. The SMILES string of the molecule is COc1ccc(I)cc1.F.F.F.F.F.F.P. The van der Waals surface area contributed by atoms with Gasteiger partial charge in [0.2, 0.25) is 0 Å². The number of ether oxygens (including phenoxy) is 1. The van der Waals surface area contributed by atoms with Crippen molar-refractivity contribution in [3.8, 4) is 5.75 Å². The van der Waals surface area contributed by atoms with Crippen LogP contribution in [0.3, 0.4) is 0 Å². The Morgan fingerprint density at radius 1 is 0.812 bits per heavy atom. The third-order valence-corrected chi connectivity index (χ3v) is 1.77. The third-order valence-electron chi connectivity index (χ3n) is 1.05. The summed E-state index contributed by atoms with van der Waals surface area (Å²) in [5.41, 5.74) is 0. The Balaban J connectivity index is -0.0000000231. The van der Waals surface area contributed by atoms with Crippen LogP contribution >= 0.6 is 32.5 Å². The fourth-order valence-electron chi connectivity index (χ4n) is 0.571. The monoisotopic (exact) mass is 388 g/mol.